The van der Waals surface area contributed by atoms with Crippen LogP contribution < -0.4 is 10.6 Å². The molecule has 244 valence electrons. The van der Waals surface area contributed by atoms with Gasteiger partial charge < -0.3 is 29.7 Å². The number of alkyl halides is 4. The third-order valence-electron chi connectivity index (χ3n) is 6.57. The first kappa shape index (κ1) is 37.9. The van der Waals surface area contributed by atoms with Gasteiger partial charge in [0.2, 0.25) is 5.95 Å². The number of hydrogen-bond donors (Lipinski definition) is 2. The summed E-state index contributed by atoms with van der Waals surface area (Å²) in [4.78, 5) is 31.1. The molecule has 4 aromatic rings. The highest BCUT2D eigenvalue weighted by molar-refractivity contribution is 5.89. The molecule has 0 radical (unpaired) electrons. The molecule has 0 bridgehead atoms. The molecule has 1 aliphatic rings. The van der Waals surface area contributed by atoms with Gasteiger partial charge in [0.15, 0.2) is 11.5 Å². The van der Waals surface area contributed by atoms with Crippen molar-refractivity contribution in [1.82, 2.24) is 34.0 Å². The van der Waals surface area contributed by atoms with Gasteiger partial charge in [0, 0.05) is 31.3 Å². The van der Waals surface area contributed by atoms with Crippen molar-refractivity contribution in [3.05, 3.63) is 30.2 Å². The molecule has 1 atom stereocenters. The van der Waals surface area contributed by atoms with Gasteiger partial charge in [-0.05, 0) is 45.1 Å². The zero-order chi connectivity index (χ0) is 33.6. The van der Waals surface area contributed by atoms with Gasteiger partial charge >= 0.3 is 0 Å². The third-order valence-corrected chi connectivity index (χ3v) is 6.57. The van der Waals surface area contributed by atoms with Crippen molar-refractivity contribution < 1.29 is 27.2 Å². The SMILES string of the molecule is C=O.C=O.CC.CC.CNc1nc(NCC2CCN(C)CC2(F)F)nn2ccc(-c3ccc4nc(C)n(CC(F)F)c4n3)c12. The van der Waals surface area contributed by atoms with Gasteiger partial charge in [0.25, 0.3) is 12.3 Å². The lowest BCUT2D eigenvalue weighted by atomic mass is 9.93. The number of halogens is 4. The van der Waals surface area contributed by atoms with Gasteiger partial charge in [-0.2, -0.15) is 4.98 Å². The van der Waals surface area contributed by atoms with Crippen molar-refractivity contribution in [1.29, 1.82) is 0 Å². The van der Waals surface area contributed by atoms with Crippen LogP contribution in [0.5, 0.6) is 0 Å². The number of nitrogens with zero attached hydrogens (tertiary/aromatic N) is 7. The number of likely N-dealkylation sites (tertiary alicyclic amines) is 1. The van der Waals surface area contributed by atoms with Crippen LogP contribution in [-0.2, 0) is 16.1 Å². The van der Waals surface area contributed by atoms with Crippen molar-refractivity contribution in [2.45, 2.75) is 59.9 Å². The van der Waals surface area contributed by atoms with Crippen LogP contribution >= 0.6 is 0 Å². The Labute approximate surface area is 255 Å². The van der Waals surface area contributed by atoms with Gasteiger partial charge in [0.1, 0.15) is 30.4 Å². The van der Waals surface area contributed by atoms with Crippen molar-refractivity contribution in [3.63, 3.8) is 0 Å². The van der Waals surface area contributed by atoms with E-state index < -0.39 is 24.8 Å². The summed E-state index contributed by atoms with van der Waals surface area (Å²) in [7, 11) is 3.39. The lowest BCUT2D eigenvalue weighted by Gasteiger charge is -2.36. The molecule has 1 unspecified atom stereocenters. The van der Waals surface area contributed by atoms with E-state index in [1.54, 1.807) is 54.8 Å². The fourth-order valence-electron chi connectivity index (χ4n) is 4.72. The Morgan fingerprint density at radius 3 is 2.30 bits per heavy atom. The molecule has 0 saturated carbocycles. The Kier molecular flexibility index (Phi) is 15.4. The first-order chi connectivity index (χ1) is 21.2. The second-order valence-electron chi connectivity index (χ2n) is 9.12. The Morgan fingerprint density at radius 1 is 1.05 bits per heavy atom. The Morgan fingerprint density at radius 2 is 1.70 bits per heavy atom. The first-order valence-electron chi connectivity index (χ1n) is 14.2. The number of imidazole rings is 1. The van der Waals surface area contributed by atoms with Crippen molar-refractivity contribution in [2.24, 2.45) is 5.92 Å². The van der Waals surface area contributed by atoms with Crippen molar-refractivity contribution in [2.75, 3.05) is 44.4 Å². The van der Waals surface area contributed by atoms with Crippen molar-refractivity contribution in [3.8, 4) is 11.3 Å². The van der Waals surface area contributed by atoms with E-state index in [0.717, 1.165) is 0 Å². The van der Waals surface area contributed by atoms with E-state index >= 15 is 0 Å². The Hall–Kier alpha value is -4.14. The Balaban J connectivity index is 0.00000112. The molecule has 44 heavy (non-hydrogen) atoms. The molecule has 15 heteroatoms. The highest BCUT2D eigenvalue weighted by Gasteiger charge is 2.43. The predicted molar refractivity (Wildman–Crippen MR) is 166 cm³/mol. The van der Waals surface area contributed by atoms with E-state index in [1.165, 1.54) is 4.57 Å². The van der Waals surface area contributed by atoms with Gasteiger partial charge in [-0.1, -0.05) is 27.7 Å². The molecule has 0 aromatic carbocycles. The number of fused-ring (bicyclic) bond motifs is 2. The van der Waals surface area contributed by atoms with Crippen LogP contribution in [0.1, 0.15) is 39.9 Å². The summed E-state index contributed by atoms with van der Waals surface area (Å²) >= 11 is 0. The van der Waals surface area contributed by atoms with Gasteiger partial charge in [-0.25, -0.2) is 32.0 Å². The lowest BCUT2D eigenvalue weighted by molar-refractivity contribution is -0.100. The highest BCUT2D eigenvalue weighted by Crippen LogP contribution is 2.33. The third kappa shape index (κ3) is 8.71. The number of rotatable bonds is 7. The average molecular weight is 626 g/mol. The number of piperidine rings is 1. The summed E-state index contributed by atoms with van der Waals surface area (Å²) in [6, 6.07) is 5.31. The monoisotopic (exact) mass is 625 g/mol. The standard InChI is InChI=1S/C23H27F4N9.2C2H6.2CH2O/c1-13-30-17-5-4-16(31-21(17)35(13)11-18(24)25)15-7-9-36-19(15)20(28-2)32-22(33-36)29-10-14-6-8-34(3)12-23(14,26)27;4*1-2/h4-5,7,9,14,18H,6,8,10-12H2,1-3H3,(H2,28,29,32,33);2*1-2H3;2*1H2. The number of aromatic nitrogens is 6. The van der Waals surface area contributed by atoms with Crippen LogP contribution in [0.15, 0.2) is 24.4 Å². The fourth-order valence-corrected chi connectivity index (χ4v) is 4.72. The zero-order valence-electron chi connectivity index (χ0n) is 26.4. The maximum Gasteiger partial charge on any atom is 0.265 e. The molecule has 11 nitrogen and oxygen atoms in total. The van der Waals surface area contributed by atoms with Gasteiger partial charge in [0.05, 0.1) is 18.8 Å². The van der Waals surface area contributed by atoms with E-state index in [1.807, 2.05) is 41.3 Å². The Bertz CT molecular complexity index is 1440. The summed E-state index contributed by atoms with van der Waals surface area (Å²) < 4.78 is 58.1. The summed E-state index contributed by atoms with van der Waals surface area (Å²) in [6.07, 6.45) is -0.441. The smallest absolute Gasteiger partial charge is 0.265 e. The molecular formula is C29H43F4N9O2. The number of hydrogen-bond acceptors (Lipinski definition) is 9. The molecule has 0 spiro atoms. The predicted octanol–water partition coefficient (Wildman–Crippen LogP) is 5.44. The van der Waals surface area contributed by atoms with E-state index in [-0.39, 0.29) is 19.0 Å². The number of anilines is 2. The maximum atomic E-state index is 14.4. The molecule has 1 aliphatic heterocycles. The molecule has 0 amide bonds. The largest absolute Gasteiger partial charge is 0.371 e. The molecular weight excluding hydrogens is 582 g/mol. The van der Waals surface area contributed by atoms with Crippen LogP contribution in [-0.4, -0.2) is 93.7 Å². The topological polar surface area (TPSA) is 122 Å². The summed E-state index contributed by atoms with van der Waals surface area (Å²) in [6.45, 7) is 13.6. The van der Waals surface area contributed by atoms with E-state index in [2.05, 4.69) is 30.7 Å². The number of carbonyl (C=O) groups is 2. The summed E-state index contributed by atoms with van der Waals surface area (Å²) in [5.41, 5.74) is 2.76. The normalized spacial score (nSPS) is 15.5. The molecule has 5 rings (SSSR count). The van der Waals surface area contributed by atoms with E-state index in [4.69, 9.17) is 9.59 Å². The summed E-state index contributed by atoms with van der Waals surface area (Å²) in [5, 5.41) is 10.5. The molecule has 1 saturated heterocycles. The van der Waals surface area contributed by atoms with Crippen molar-refractivity contribution >= 4 is 42.0 Å². The molecule has 0 aliphatic carbocycles. The number of aryl methyl sites for hydroxylation is 1. The minimum Gasteiger partial charge on any atom is -0.371 e. The average Bonchev–Trinajstić information content (AvgIpc) is 3.60. The van der Waals surface area contributed by atoms with Gasteiger partial charge in [-0.15, -0.1) is 5.10 Å². The molecule has 2 N–H and O–H groups in total. The second-order valence-corrected chi connectivity index (χ2v) is 9.12. The van der Waals surface area contributed by atoms with Gasteiger partial charge in [-0.3, -0.25) is 0 Å². The van der Waals surface area contributed by atoms with Crippen LogP contribution in [0.4, 0.5) is 29.3 Å². The number of nitrogens with one attached hydrogen (secondary N) is 2. The highest BCUT2D eigenvalue weighted by atomic mass is 19.3. The zero-order valence-corrected chi connectivity index (χ0v) is 26.4. The molecule has 1 fully saturated rings. The second kappa shape index (κ2) is 17.9. The number of carbonyl (C=O) groups excluding carboxylic acids is 2. The summed E-state index contributed by atoms with van der Waals surface area (Å²) in [5.74, 6) is -2.46. The minimum atomic E-state index is -2.80. The minimum absolute atomic E-state index is 0.0509. The van der Waals surface area contributed by atoms with Crippen LogP contribution in [0.25, 0.3) is 27.9 Å². The molecule has 4 aromatic heterocycles. The van der Waals surface area contributed by atoms with Crippen LogP contribution in [0.3, 0.4) is 0 Å². The quantitative estimate of drug-likeness (QED) is 0.259. The van der Waals surface area contributed by atoms with Crippen LogP contribution in [0, 0.1) is 12.8 Å². The first-order valence-corrected chi connectivity index (χ1v) is 14.2. The van der Waals surface area contributed by atoms with E-state index in [9.17, 15) is 17.6 Å². The number of pyridine rings is 1. The fraction of sp³-hybridized carbons (Fsp3) is 0.517. The van der Waals surface area contributed by atoms with Crippen LogP contribution in [0.2, 0.25) is 0 Å². The molecule has 5 heterocycles. The lowest BCUT2D eigenvalue weighted by Crippen LogP contribution is -2.49. The van der Waals surface area contributed by atoms with E-state index in [0.29, 0.717) is 52.5 Å². The maximum absolute atomic E-state index is 14.4.